The molecule has 0 saturated heterocycles. The van der Waals surface area contributed by atoms with Crippen LogP contribution in [0.4, 0.5) is 0 Å². The van der Waals surface area contributed by atoms with Crippen molar-refractivity contribution in [1.82, 2.24) is 4.90 Å². The number of hydrogen-bond donors (Lipinski definition) is 0. The Morgan fingerprint density at radius 2 is 2.00 bits per heavy atom. The second kappa shape index (κ2) is 7.73. The van der Waals surface area contributed by atoms with E-state index in [1.807, 2.05) is 7.05 Å². The average molecular weight is 157 g/mol. The molecule has 11 heavy (non-hydrogen) atoms. The molecule has 0 aromatic carbocycles. The van der Waals surface area contributed by atoms with Gasteiger partial charge in [0.05, 0.1) is 6.54 Å². The Bertz CT molecular complexity index is 93.6. The number of carbonyl (C=O) groups is 1. The maximum atomic E-state index is 10.1. The van der Waals surface area contributed by atoms with Gasteiger partial charge in [-0.3, -0.25) is 4.90 Å². The SMILES string of the molecule is CCCCCCN(C)CC=O. The Morgan fingerprint density at radius 1 is 1.27 bits per heavy atom. The lowest BCUT2D eigenvalue weighted by molar-refractivity contribution is -0.108. The predicted octanol–water partition coefficient (Wildman–Crippen LogP) is 1.70. The second-order valence-corrected chi connectivity index (χ2v) is 2.99. The van der Waals surface area contributed by atoms with Crippen molar-refractivity contribution >= 4 is 6.29 Å². The van der Waals surface area contributed by atoms with E-state index < -0.39 is 0 Å². The normalized spacial score (nSPS) is 10.5. The van der Waals surface area contributed by atoms with E-state index in [1.54, 1.807) is 0 Å². The first-order valence-electron chi connectivity index (χ1n) is 4.43. The highest BCUT2D eigenvalue weighted by Gasteiger charge is 1.94. The van der Waals surface area contributed by atoms with Gasteiger partial charge in [0.2, 0.25) is 0 Å². The Kier molecular flexibility index (Phi) is 7.47. The summed E-state index contributed by atoms with van der Waals surface area (Å²) < 4.78 is 0. The van der Waals surface area contributed by atoms with Crippen LogP contribution in [0.25, 0.3) is 0 Å². The monoisotopic (exact) mass is 157 g/mol. The van der Waals surface area contributed by atoms with E-state index >= 15 is 0 Å². The molecule has 0 aromatic heterocycles. The lowest BCUT2D eigenvalue weighted by atomic mass is 10.2. The maximum Gasteiger partial charge on any atom is 0.133 e. The summed E-state index contributed by atoms with van der Waals surface area (Å²) in [6.45, 7) is 3.83. The van der Waals surface area contributed by atoms with E-state index in [9.17, 15) is 4.79 Å². The predicted molar refractivity (Wildman–Crippen MR) is 47.7 cm³/mol. The van der Waals surface area contributed by atoms with Crippen LogP contribution >= 0.6 is 0 Å². The molecule has 2 nitrogen and oxygen atoms in total. The van der Waals surface area contributed by atoms with Gasteiger partial charge in [-0.05, 0) is 20.0 Å². The van der Waals surface area contributed by atoms with Crippen molar-refractivity contribution in [3.05, 3.63) is 0 Å². The molecule has 0 heterocycles. The molecular weight excluding hydrogens is 138 g/mol. The smallest absolute Gasteiger partial charge is 0.133 e. The molecule has 0 saturated carbocycles. The van der Waals surface area contributed by atoms with Crippen LogP contribution in [-0.4, -0.2) is 31.3 Å². The summed E-state index contributed by atoms with van der Waals surface area (Å²) in [5.74, 6) is 0. The van der Waals surface area contributed by atoms with Gasteiger partial charge in [-0.25, -0.2) is 0 Å². The van der Waals surface area contributed by atoms with Crippen LogP contribution in [0.15, 0.2) is 0 Å². The minimum atomic E-state index is 0.576. The number of aldehydes is 1. The van der Waals surface area contributed by atoms with Gasteiger partial charge in [0.25, 0.3) is 0 Å². The molecule has 0 aliphatic heterocycles. The highest BCUT2D eigenvalue weighted by Crippen LogP contribution is 1.99. The van der Waals surface area contributed by atoms with Gasteiger partial charge < -0.3 is 4.79 Å². The first-order chi connectivity index (χ1) is 5.31. The van der Waals surface area contributed by atoms with Crippen LogP contribution in [0.5, 0.6) is 0 Å². The van der Waals surface area contributed by atoms with Crippen molar-refractivity contribution in [2.75, 3.05) is 20.1 Å². The van der Waals surface area contributed by atoms with Crippen molar-refractivity contribution in [2.45, 2.75) is 32.6 Å². The van der Waals surface area contributed by atoms with Gasteiger partial charge in [-0.2, -0.15) is 0 Å². The number of unbranched alkanes of at least 4 members (excludes halogenated alkanes) is 3. The molecule has 0 unspecified atom stereocenters. The topological polar surface area (TPSA) is 20.3 Å². The zero-order chi connectivity index (χ0) is 8.53. The van der Waals surface area contributed by atoms with E-state index in [1.165, 1.54) is 25.7 Å². The van der Waals surface area contributed by atoms with Crippen molar-refractivity contribution in [3.8, 4) is 0 Å². The number of likely N-dealkylation sites (N-methyl/N-ethyl adjacent to an activating group) is 1. The molecule has 0 bridgehead atoms. The molecule has 0 aliphatic rings. The van der Waals surface area contributed by atoms with E-state index in [4.69, 9.17) is 0 Å². The Balaban J connectivity index is 3.03. The third kappa shape index (κ3) is 7.53. The maximum absolute atomic E-state index is 10.1. The number of carbonyl (C=O) groups excluding carboxylic acids is 1. The molecule has 0 N–H and O–H groups in total. The van der Waals surface area contributed by atoms with Crippen LogP contribution in [0.2, 0.25) is 0 Å². The molecule has 0 amide bonds. The van der Waals surface area contributed by atoms with E-state index in [-0.39, 0.29) is 0 Å². The lowest BCUT2D eigenvalue weighted by Crippen LogP contribution is -2.21. The Labute approximate surface area is 69.6 Å². The summed E-state index contributed by atoms with van der Waals surface area (Å²) in [6.07, 6.45) is 6.06. The molecule has 0 spiro atoms. The van der Waals surface area contributed by atoms with Crippen molar-refractivity contribution in [1.29, 1.82) is 0 Å². The number of hydrogen-bond acceptors (Lipinski definition) is 2. The molecule has 0 atom stereocenters. The fourth-order valence-electron chi connectivity index (χ4n) is 1.03. The zero-order valence-corrected chi connectivity index (χ0v) is 7.68. The van der Waals surface area contributed by atoms with Crippen molar-refractivity contribution in [3.63, 3.8) is 0 Å². The minimum Gasteiger partial charge on any atom is -0.302 e. The van der Waals surface area contributed by atoms with Gasteiger partial charge in [0.1, 0.15) is 6.29 Å². The van der Waals surface area contributed by atoms with Crippen LogP contribution < -0.4 is 0 Å². The third-order valence-corrected chi connectivity index (χ3v) is 1.78. The minimum absolute atomic E-state index is 0.576. The van der Waals surface area contributed by atoms with Crippen molar-refractivity contribution in [2.24, 2.45) is 0 Å². The van der Waals surface area contributed by atoms with Gasteiger partial charge in [-0.15, -0.1) is 0 Å². The first-order valence-corrected chi connectivity index (χ1v) is 4.43. The van der Waals surface area contributed by atoms with Crippen LogP contribution in [0.1, 0.15) is 32.6 Å². The Hall–Kier alpha value is -0.370. The van der Waals surface area contributed by atoms with Gasteiger partial charge in [-0.1, -0.05) is 26.2 Å². The molecule has 0 aliphatic carbocycles. The van der Waals surface area contributed by atoms with Crippen LogP contribution in [0, 0.1) is 0 Å². The standard InChI is InChI=1S/C9H19NO/c1-3-4-5-6-7-10(2)8-9-11/h9H,3-8H2,1-2H3. The highest BCUT2D eigenvalue weighted by molar-refractivity contribution is 5.51. The van der Waals surface area contributed by atoms with E-state index in [0.29, 0.717) is 6.54 Å². The van der Waals surface area contributed by atoms with Crippen molar-refractivity contribution < 1.29 is 4.79 Å². The fourth-order valence-corrected chi connectivity index (χ4v) is 1.03. The quantitative estimate of drug-likeness (QED) is 0.414. The molecule has 0 radical (unpaired) electrons. The summed E-state index contributed by atoms with van der Waals surface area (Å²) in [5, 5.41) is 0. The molecule has 66 valence electrons. The van der Waals surface area contributed by atoms with Crippen LogP contribution in [-0.2, 0) is 4.79 Å². The van der Waals surface area contributed by atoms with Gasteiger partial charge in [0.15, 0.2) is 0 Å². The molecular formula is C9H19NO. The average Bonchev–Trinajstić information content (AvgIpc) is 1.99. The summed E-state index contributed by atoms with van der Waals surface area (Å²) in [5.41, 5.74) is 0. The largest absolute Gasteiger partial charge is 0.302 e. The Morgan fingerprint density at radius 3 is 2.55 bits per heavy atom. The molecule has 0 fully saturated rings. The molecule has 0 aromatic rings. The summed E-state index contributed by atoms with van der Waals surface area (Å²) >= 11 is 0. The van der Waals surface area contributed by atoms with E-state index in [0.717, 1.165) is 12.8 Å². The zero-order valence-electron chi connectivity index (χ0n) is 7.68. The van der Waals surface area contributed by atoms with Gasteiger partial charge >= 0.3 is 0 Å². The number of nitrogens with zero attached hydrogens (tertiary/aromatic N) is 1. The summed E-state index contributed by atoms with van der Waals surface area (Å²) in [7, 11) is 1.99. The van der Waals surface area contributed by atoms with E-state index in [2.05, 4.69) is 11.8 Å². The number of rotatable bonds is 7. The fraction of sp³-hybridized carbons (Fsp3) is 0.889. The summed E-state index contributed by atoms with van der Waals surface area (Å²) in [4.78, 5) is 12.1. The van der Waals surface area contributed by atoms with Gasteiger partial charge in [0, 0.05) is 0 Å². The highest BCUT2D eigenvalue weighted by atomic mass is 16.1. The first kappa shape index (κ1) is 10.6. The van der Waals surface area contributed by atoms with Crippen LogP contribution in [0.3, 0.4) is 0 Å². The second-order valence-electron chi connectivity index (χ2n) is 2.99. The molecule has 2 heteroatoms. The third-order valence-electron chi connectivity index (χ3n) is 1.78. The lowest BCUT2D eigenvalue weighted by Gasteiger charge is -2.11. The summed E-state index contributed by atoms with van der Waals surface area (Å²) in [6, 6.07) is 0. The molecule has 0 rings (SSSR count).